The first-order valence-electron chi connectivity index (χ1n) is 9.90. The summed E-state index contributed by atoms with van der Waals surface area (Å²) in [5.74, 6) is 0.351. The van der Waals surface area contributed by atoms with Crippen LogP contribution in [0.1, 0.15) is 36.4 Å². The SMILES string of the molecule is Cc1cc(C)c2nc(NCC3COC(C)(C)O3)n(Cc3nc(C)ccc3O)c2c1. The van der Waals surface area contributed by atoms with E-state index in [2.05, 4.69) is 40.8 Å². The molecule has 1 unspecified atom stereocenters. The summed E-state index contributed by atoms with van der Waals surface area (Å²) in [5.41, 5.74) is 5.71. The maximum atomic E-state index is 10.3. The zero-order chi connectivity index (χ0) is 20.8. The van der Waals surface area contributed by atoms with E-state index in [0.717, 1.165) is 28.2 Å². The summed E-state index contributed by atoms with van der Waals surface area (Å²) < 4.78 is 13.6. The number of nitrogens with one attached hydrogen (secondary N) is 1. The number of fused-ring (bicyclic) bond motifs is 1. The number of rotatable bonds is 5. The van der Waals surface area contributed by atoms with E-state index in [0.29, 0.717) is 25.4 Å². The molecule has 7 nitrogen and oxygen atoms in total. The Hall–Kier alpha value is -2.64. The highest BCUT2D eigenvalue weighted by Gasteiger charge is 2.32. The molecular weight excluding hydrogens is 368 g/mol. The van der Waals surface area contributed by atoms with Gasteiger partial charge in [0, 0.05) is 12.2 Å². The Morgan fingerprint density at radius 1 is 1.21 bits per heavy atom. The van der Waals surface area contributed by atoms with Gasteiger partial charge in [0.15, 0.2) is 5.79 Å². The first kappa shape index (κ1) is 19.7. The minimum Gasteiger partial charge on any atom is -0.506 e. The van der Waals surface area contributed by atoms with Crippen molar-refractivity contribution in [3.8, 4) is 5.75 Å². The number of aromatic hydroxyl groups is 1. The zero-order valence-corrected chi connectivity index (χ0v) is 17.6. The molecule has 1 fully saturated rings. The van der Waals surface area contributed by atoms with Crippen molar-refractivity contribution in [2.75, 3.05) is 18.5 Å². The first-order valence-corrected chi connectivity index (χ1v) is 9.90. The molecule has 0 amide bonds. The maximum absolute atomic E-state index is 10.3. The van der Waals surface area contributed by atoms with E-state index in [1.165, 1.54) is 5.56 Å². The van der Waals surface area contributed by atoms with E-state index in [-0.39, 0.29) is 11.9 Å². The molecule has 0 saturated carbocycles. The second-order valence-electron chi connectivity index (χ2n) is 8.22. The van der Waals surface area contributed by atoms with Crippen molar-refractivity contribution in [1.29, 1.82) is 0 Å². The van der Waals surface area contributed by atoms with Gasteiger partial charge in [-0.05, 0) is 63.9 Å². The van der Waals surface area contributed by atoms with Crippen LogP contribution in [0.5, 0.6) is 5.75 Å². The summed E-state index contributed by atoms with van der Waals surface area (Å²) in [4.78, 5) is 9.37. The number of anilines is 1. The summed E-state index contributed by atoms with van der Waals surface area (Å²) in [5, 5.41) is 13.7. The highest BCUT2D eigenvalue weighted by molar-refractivity contribution is 5.83. The lowest BCUT2D eigenvalue weighted by molar-refractivity contribution is -0.136. The molecule has 2 N–H and O–H groups in total. The molecule has 0 aliphatic carbocycles. The van der Waals surface area contributed by atoms with E-state index in [9.17, 15) is 5.11 Å². The molecular formula is C22H28N4O3. The van der Waals surface area contributed by atoms with E-state index in [4.69, 9.17) is 14.5 Å². The van der Waals surface area contributed by atoms with E-state index < -0.39 is 5.79 Å². The second kappa shape index (κ2) is 7.31. The molecule has 154 valence electrons. The van der Waals surface area contributed by atoms with Crippen LogP contribution in [0.4, 0.5) is 5.95 Å². The van der Waals surface area contributed by atoms with Crippen LogP contribution in [0, 0.1) is 20.8 Å². The van der Waals surface area contributed by atoms with Gasteiger partial charge in [0.25, 0.3) is 0 Å². The monoisotopic (exact) mass is 396 g/mol. The zero-order valence-electron chi connectivity index (χ0n) is 17.6. The highest BCUT2D eigenvalue weighted by atomic mass is 16.7. The number of pyridine rings is 1. The van der Waals surface area contributed by atoms with Gasteiger partial charge < -0.3 is 24.5 Å². The third kappa shape index (κ3) is 4.06. The van der Waals surface area contributed by atoms with Gasteiger partial charge >= 0.3 is 0 Å². The number of nitrogens with zero attached hydrogens (tertiary/aromatic N) is 3. The highest BCUT2D eigenvalue weighted by Crippen LogP contribution is 2.28. The Bertz CT molecular complexity index is 1060. The van der Waals surface area contributed by atoms with Crippen molar-refractivity contribution in [2.45, 2.75) is 53.1 Å². The van der Waals surface area contributed by atoms with Gasteiger partial charge in [-0.25, -0.2) is 4.98 Å². The molecule has 29 heavy (non-hydrogen) atoms. The van der Waals surface area contributed by atoms with Crippen LogP contribution in [0.15, 0.2) is 24.3 Å². The minimum atomic E-state index is -0.558. The maximum Gasteiger partial charge on any atom is 0.204 e. The molecule has 0 spiro atoms. The number of aryl methyl sites for hydroxylation is 3. The molecule has 2 aromatic heterocycles. The van der Waals surface area contributed by atoms with Gasteiger partial charge in [0.1, 0.15) is 17.5 Å². The molecule has 4 rings (SSSR count). The molecule has 3 aromatic rings. The lowest BCUT2D eigenvalue weighted by atomic mass is 10.1. The Morgan fingerprint density at radius 3 is 2.72 bits per heavy atom. The van der Waals surface area contributed by atoms with Crippen molar-refractivity contribution < 1.29 is 14.6 Å². The lowest BCUT2D eigenvalue weighted by Gasteiger charge is -2.18. The molecule has 1 aromatic carbocycles. The predicted molar refractivity (Wildman–Crippen MR) is 112 cm³/mol. The summed E-state index contributed by atoms with van der Waals surface area (Å²) in [7, 11) is 0. The van der Waals surface area contributed by atoms with Gasteiger partial charge in [-0.2, -0.15) is 0 Å². The average molecular weight is 396 g/mol. The molecule has 1 saturated heterocycles. The van der Waals surface area contributed by atoms with Gasteiger partial charge in [-0.1, -0.05) is 6.07 Å². The quantitative estimate of drug-likeness (QED) is 0.685. The summed E-state index contributed by atoms with van der Waals surface area (Å²) >= 11 is 0. The Labute approximate surface area is 170 Å². The first-order chi connectivity index (χ1) is 13.7. The van der Waals surface area contributed by atoms with E-state index >= 15 is 0 Å². The van der Waals surface area contributed by atoms with Crippen LogP contribution >= 0.6 is 0 Å². The average Bonchev–Trinajstić information content (AvgIpc) is 3.16. The largest absolute Gasteiger partial charge is 0.506 e. The van der Waals surface area contributed by atoms with Crippen molar-refractivity contribution in [3.63, 3.8) is 0 Å². The lowest BCUT2D eigenvalue weighted by Crippen LogP contribution is -2.26. The molecule has 3 heterocycles. The number of hydrogen-bond donors (Lipinski definition) is 2. The fourth-order valence-corrected chi connectivity index (χ4v) is 3.80. The third-order valence-corrected chi connectivity index (χ3v) is 5.14. The van der Waals surface area contributed by atoms with Crippen molar-refractivity contribution in [3.05, 3.63) is 46.8 Å². The normalized spacial score (nSPS) is 18.4. The standard InChI is InChI=1S/C22H28N4O3/c1-13-8-14(2)20-18(9-13)26(11-17-19(27)7-6-15(3)24-17)21(25-20)23-10-16-12-28-22(4,5)29-16/h6-9,16,27H,10-12H2,1-5H3,(H,23,25). The van der Waals surface area contributed by atoms with Crippen LogP contribution in [0.2, 0.25) is 0 Å². The Balaban J connectivity index is 1.70. The molecule has 7 heteroatoms. The van der Waals surface area contributed by atoms with E-state index in [1.54, 1.807) is 12.1 Å². The topological polar surface area (TPSA) is 81.4 Å². The fourth-order valence-electron chi connectivity index (χ4n) is 3.80. The summed E-state index contributed by atoms with van der Waals surface area (Å²) in [6.07, 6.45) is -0.0495. The van der Waals surface area contributed by atoms with Crippen LogP contribution in [-0.2, 0) is 16.0 Å². The van der Waals surface area contributed by atoms with Crippen LogP contribution in [0.3, 0.4) is 0 Å². The van der Waals surface area contributed by atoms with Crippen LogP contribution in [-0.4, -0.2) is 44.7 Å². The molecule has 1 atom stereocenters. The van der Waals surface area contributed by atoms with Crippen LogP contribution in [0.25, 0.3) is 11.0 Å². The van der Waals surface area contributed by atoms with Gasteiger partial charge in [-0.3, -0.25) is 4.98 Å². The minimum absolute atomic E-state index is 0.0495. The van der Waals surface area contributed by atoms with Gasteiger partial charge in [0.2, 0.25) is 5.95 Å². The van der Waals surface area contributed by atoms with Gasteiger partial charge in [0.05, 0.1) is 24.2 Å². The number of ether oxygens (including phenoxy) is 2. The number of imidazole rings is 1. The Kier molecular flexibility index (Phi) is 4.96. The van der Waals surface area contributed by atoms with E-state index in [1.807, 2.05) is 20.8 Å². The number of aromatic nitrogens is 3. The third-order valence-electron chi connectivity index (χ3n) is 5.14. The predicted octanol–water partition coefficient (Wildman–Crippen LogP) is 3.67. The van der Waals surface area contributed by atoms with Gasteiger partial charge in [-0.15, -0.1) is 0 Å². The smallest absolute Gasteiger partial charge is 0.204 e. The fraction of sp³-hybridized carbons (Fsp3) is 0.455. The number of hydrogen-bond acceptors (Lipinski definition) is 6. The second-order valence-corrected chi connectivity index (χ2v) is 8.22. The molecule has 1 aliphatic heterocycles. The van der Waals surface area contributed by atoms with Crippen molar-refractivity contribution in [2.24, 2.45) is 0 Å². The van der Waals surface area contributed by atoms with Crippen molar-refractivity contribution in [1.82, 2.24) is 14.5 Å². The number of benzene rings is 1. The molecule has 0 bridgehead atoms. The molecule has 0 radical (unpaired) electrons. The Morgan fingerprint density at radius 2 is 2.00 bits per heavy atom. The molecule has 1 aliphatic rings. The summed E-state index contributed by atoms with van der Waals surface area (Å²) in [6, 6.07) is 7.73. The van der Waals surface area contributed by atoms with Crippen LogP contribution < -0.4 is 5.32 Å². The van der Waals surface area contributed by atoms with Crippen molar-refractivity contribution >= 4 is 17.0 Å². The summed E-state index contributed by atoms with van der Waals surface area (Å²) in [6.45, 7) is 11.4.